The lowest BCUT2D eigenvalue weighted by molar-refractivity contribution is 0.436. The van der Waals surface area contributed by atoms with Gasteiger partial charge in [-0.05, 0) is 121 Å². The lowest BCUT2D eigenvalue weighted by Gasteiger charge is -2.39. The highest BCUT2D eigenvalue weighted by Crippen LogP contribution is 2.62. The SMILES string of the molecule is c1ccc(-c2cccc(N(c3ccc(-c4ccc5c(c4)C4(c6ccccc6Oc6ccccc64)c4ccccc4-5)cc3)c3ccc(-c4ccccc4-c4ccccc4)cc3)c2)cc1. The van der Waals surface area contributed by atoms with E-state index in [0.717, 1.165) is 34.1 Å². The molecule has 1 heterocycles. The minimum Gasteiger partial charge on any atom is -0.457 e. The summed E-state index contributed by atoms with van der Waals surface area (Å²) in [6, 6.07) is 89.9. The summed E-state index contributed by atoms with van der Waals surface area (Å²) >= 11 is 0. The molecule has 2 nitrogen and oxygen atoms in total. The van der Waals surface area contributed by atoms with Gasteiger partial charge in [0.2, 0.25) is 0 Å². The number of hydrogen-bond acceptors (Lipinski definition) is 2. The van der Waals surface area contributed by atoms with Gasteiger partial charge in [0.15, 0.2) is 0 Å². The molecule has 12 rings (SSSR count). The molecule has 0 saturated carbocycles. The Balaban J connectivity index is 0.966. The van der Waals surface area contributed by atoms with E-state index in [2.05, 4.69) is 254 Å². The van der Waals surface area contributed by atoms with Crippen molar-refractivity contribution in [2.24, 2.45) is 0 Å². The van der Waals surface area contributed by atoms with Crippen molar-refractivity contribution in [2.45, 2.75) is 5.41 Å². The molecule has 0 fully saturated rings. The summed E-state index contributed by atoms with van der Waals surface area (Å²) in [5.74, 6) is 1.80. The molecular formula is C61H41NO. The quantitative estimate of drug-likeness (QED) is 0.159. The van der Waals surface area contributed by atoms with Crippen LogP contribution in [0.1, 0.15) is 22.3 Å². The van der Waals surface area contributed by atoms with Gasteiger partial charge in [0.1, 0.15) is 11.5 Å². The first kappa shape index (κ1) is 36.6. The standard InChI is InChI=1S/C61H41NO/c1-3-16-42(17-4-1)46-20-15-21-50(40-46)62(49-37-32-45(33-38-49)52-23-8-7-22-51(52)44-18-5-2-6-19-44)48-35-30-43(31-36-48)47-34-39-54-53-24-9-10-25-55(53)61(58(54)41-47)56-26-11-13-28-59(56)63-60-29-14-12-27-57(60)61/h1-41H. The van der Waals surface area contributed by atoms with E-state index in [1.165, 1.54) is 72.3 Å². The van der Waals surface area contributed by atoms with Crippen LogP contribution in [0, 0.1) is 0 Å². The minimum atomic E-state index is -0.512. The first-order valence-corrected chi connectivity index (χ1v) is 21.7. The van der Waals surface area contributed by atoms with Crippen molar-refractivity contribution in [3.63, 3.8) is 0 Å². The first-order valence-electron chi connectivity index (χ1n) is 21.7. The van der Waals surface area contributed by atoms with E-state index in [9.17, 15) is 0 Å². The Labute approximate surface area is 368 Å². The molecule has 0 radical (unpaired) electrons. The van der Waals surface area contributed by atoms with Gasteiger partial charge in [0.05, 0.1) is 5.41 Å². The van der Waals surface area contributed by atoms with Crippen LogP contribution in [0.2, 0.25) is 0 Å². The molecule has 0 aromatic heterocycles. The Hall–Kier alpha value is -8.20. The highest BCUT2D eigenvalue weighted by atomic mass is 16.5. The molecule has 0 atom stereocenters. The van der Waals surface area contributed by atoms with E-state index in [0.29, 0.717) is 0 Å². The summed E-state index contributed by atoms with van der Waals surface area (Å²) in [7, 11) is 0. The van der Waals surface area contributed by atoms with Crippen LogP contribution in [0.5, 0.6) is 11.5 Å². The number of ether oxygens (including phenoxy) is 1. The van der Waals surface area contributed by atoms with E-state index in [-0.39, 0.29) is 0 Å². The molecule has 2 heteroatoms. The molecule has 296 valence electrons. The molecule has 1 spiro atoms. The third kappa shape index (κ3) is 6.02. The number of para-hydroxylation sites is 2. The van der Waals surface area contributed by atoms with Gasteiger partial charge >= 0.3 is 0 Å². The predicted octanol–water partition coefficient (Wildman–Crippen LogP) is 16.3. The number of nitrogens with zero attached hydrogens (tertiary/aromatic N) is 1. The van der Waals surface area contributed by atoms with Crippen molar-refractivity contribution in [3.8, 4) is 67.1 Å². The summed E-state index contributed by atoms with van der Waals surface area (Å²) in [5.41, 5.74) is 19.7. The molecule has 0 unspecified atom stereocenters. The van der Waals surface area contributed by atoms with Gasteiger partial charge in [0.25, 0.3) is 0 Å². The molecule has 0 amide bonds. The molecule has 10 aromatic carbocycles. The highest BCUT2D eigenvalue weighted by Gasteiger charge is 2.51. The Kier molecular flexibility index (Phi) is 8.76. The van der Waals surface area contributed by atoms with Crippen LogP contribution in [0.3, 0.4) is 0 Å². The summed E-state index contributed by atoms with van der Waals surface area (Å²) in [5, 5.41) is 0. The predicted molar refractivity (Wildman–Crippen MR) is 260 cm³/mol. The van der Waals surface area contributed by atoms with E-state index >= 15 is 0 Å². The summed E-state index contributed by atoms with van der Waals surface area (Å²) in [6.07, 6.45) is 0. The van der Waals surface area contributed by atoms with Crippen LogP contribution >= 0.6 is 0 Å². The van der Waals surface area contributed by atoms with Crippen LogP contribution in [0.15, 0.2) is 249 Å². The second-order valence-electron chi connectivity index (χ2n) is 16.4. The largest absolute Gasteiger partial charge is 0.457 e. The van der Waals surface area contributed by atoms with Crippen molar-refractivity contribution in [2.75, 3.05) is 4.90 Å². The van der Waals surface area contributed by atoms with Crippen molar-refractivity contribution in [3.05, 3.63) is 271 Å². The maximum atomic E-state index is 6.60. The number of benzene rings is 10. The Morgan fingerprint density at radius 2 is 0.683 bits per heavy atom. The molecule has 0 saturated heterocycles. The van der Waals surface area contributed by atoms with Crippen LogP contribution < -0.4 is 9.64 Å². The zero-order chi connectivity index (χ0) is 41.7. The first-order chi connectivity index (χ1) is 31.2. The molecule has 0 N–H and O–H groups in total. The van der Waals surface area contributed by atoms with E-state index < -0.39 is 5.41 Å². The van der Waals surface area contributed by atoms with E-state index in [4.69, 9.17) is 4.74 Å². The monoisotopic (exact) mass is 803 g/mol. The fourth-order valence-electron chi connectivity index (χ4n) is 10.1. The van der Waals surface area contributed by atoms with Crippen molar-refractivity contribution in [1.82, 2.24) is 0 Å². The number of anilines is 3. The number of fused-ring (bicyclic) bond motifs is 9. The van der Waals surface area contributed by atoms with E-state index in [1.54, 1.807) is 0 Å². The smallest absolute Gasteiger partial charge is 0.132 e. The van der Waals surface area contributed by atoms with Crippen LogP contribution in [0.4, 0.5) is 17.1 Å². The summed E-state index contributed by atoms with van der Waals surface area (Å²) in [4.78, 5) is 2.37. The van der Waals surface area contributed by atoms with Gasteiger partial charge in [-0.3, -0.25) is 0 Å². The molecule has 1 aliphatic heterocycles. The average Bonchev–Trinajstić information content (AvgIpc) is 3.65. The molecule has 63 heavy (non-hydrogen) atoms. The Bertz CT molecular complexity index is 3250. The van der Waals surface area contributed by atoms with Crippen LogP contribution in [-0.4, -0.2) is 0 Å². The Morgan fingerprint density at radius 1 is 0.254 bits per heavy atom. The van der Waals surface area contributed by atoms with Crippen molar-refractivity contribution in [1.29, 1.82) is 0 Å². The number of hydrogen-bond donors (Lipinski definition) is 0. The van der Waals surface area contributed by atoms with Crippen LogP contribution in [0.25, 0.3) is 55.6 Å². The van der Waals surface area contributed by atoms with Gasteiger partial charge in [-0.1, -0.05) is 194 Å². The fourth-order valence-corrected chi connectivity index (χ4v) is 10.1. The van der Waals surface area contributed by atoms with Gasteiger partial charge in [-0.25, -0.2) is 0 Å². The third-order valence-corrected chi connectivity index (χ3v) is 13.0. The lowest BCUT2D eigenvalue weighted by atomic mass is 9.66. The molecule has 2 aliphatic rings. The van der Waals surface area contributed by atoms with Gasteiger partial charge < -0.3 is 9.64 Å². The second kappa shape index (κ2) is 15.1. The van der Waals surface area contributed by atoms with Crippen molar-refractivity contribution < 1.29 is 4.74 Å². The maximum Gasteiger partial charge on any atom is 0.132 e. The molecule has 0 bridgehead atoms. The van der Waals surface area contributed by atoms with Crippen LogP contribution in [-0.2, 0) is 5.41 Å². The normalized spacial score (nSPS) is 12.7. The number of rotatable bonds is 7. The topological polar surface area (TPSA) is 12.5 Å². The third-order valence-electron chi connectivity index (χ3n) is 13.0. The van der Waals surface area contributed by atoms with Gasteiger partial charge in [0, 0.05) is 28.2 Å². The zero-order valence-electron chi connectivity index (χ0n) is 34.5. The fraction of sp³-hybridized carbons (Fsp3) is 0.0164. The lowest BCUT2D eigenvalue weighted by Crippen LogP contribution is -2.32. The van der Waals surface area contributed by atoms with Crippen molar-refractivity contribution >= 4 is 17.1 Å². The molecule has 10 aromatic rings. The maximum absolute atomic E-state index is 6.60. The molecule has 1 aliphatic carbocycles. The summed E-state index contributed by atoms with van der Waals surface area (Å²) in [6.45, 7) is 0. The Morgan fingerprint density at radius 3 is 1.32 bits per heavy atom. The van der Waals surface area contributed by atoms with E-state index in [1.807, 2.05) is 0 Å². The zero-order valence-corrected chi connectivity index (χ0v) is 34.5. The van der Waals surface area contributed by atoms with Gasteiger partial charge in [-0.15, -0.1) is 0 Å². The highest BCUT2D eigenvalue weighted by molar-refractivity contribution is 5.91. The minimum absolute atomic E-state index is 0.512. The summed E-state index contributed by atoms with van der Waals surface area (Å²) < 4.78 is 6.60. The average molecular weight is 804 g/mol. The van der Waals surface area contributed by atoms with Gasteiger partial charge in [-0.2, -0.15) is 0 Å². The molecular weight excluding hydrogens is 763 g/mol. The second-order valence-corrected chi connectivity index (χ2v) is 16.4.